The van der Waals surface area contributed by atoms with Crippen LogP contribution < -0.4 is 0 Å². The number of rotatable bonds is 5. The predicted molar refractivity (Wildman–Crippen MR) is 91.1 cm³/mol. The van der Waals surface area contributed by atoms with Gasteiger partial charge in [0.05, 0.1) is 5.02 Å². The number of aromatic nitrogens is 4. The molecule has 0 aliphatic rings. The Balaban J connectivity index is 1.65. The van der Waals surface area contributed by atoms with Gasteiger partial charge in [0.2, 0.25) is 11.7 Å². The molecule has 0 atom stereocenters. The molecule has 0 N–H and O–H groups in total. The van der Waals surface area contributed by atoms with Gasteiger partial charge in [-0.25, -0.2) is 4.39 Å². The molecular formula is C17H15ClFN5O. The standard InChI is InChI=1S/C17H15ClFN5O/c1-23(10-12-6-8-13(19)9-7-12)16(25)11-24-21-17(20-22-24)14-4-2-3-5-15(14)18/h2-9H,10-11H2,1H3. The number of benzene rings is 2. The first-order chi connectivity index (χ1) is 12.0. The molecule has 0 spiro atoms. The Morgan fingerprint density at radius 1 is 1.20 bits per heavy atom. The van der Waals surface area contributed by atoms with Crippen molar-refractivity contribution in [2.75, 3.05) is 7.05 Å². The summed E-state index contributed by atoms with van der Waals surface area (Å²) in [5.41, 5.74) is 1.49. The largest absolute Gasteiger partial charge is 0.340 e. The molecule has 8 heteroatoms. The van der Waals surface area contributed by atoms with Gasteiger partial charge in [0.25, 0.3) is 0 Å². The second-order valence-corrected chi connectivity index (χ2v) is 5.91. The summed E-state index contributed by atoms with van der Waals surface area (Å²) < 4.78 is 12.9. The number of likely N-dealkylation sites (N-methyl/N-ethyl adjacent to an activating group) is 1. The van der Waals surface area contributed by atoms with Crippen LogP contribution in [-0.2, 0) is 17.9 Å². The molecule has 0 aliphatic heterocycles. The average molecular weight is 360 g/mol. The van der Waals surface area contributed by atoms with E-state index in [1.54, 1.807) is 31.3 Å². The van der Waals surface area contributed by atoms with Gasteiger partial charge in [0.1, 0.15) is 12.4 Å². The van der Waals surface area contributed by atoms with E-state index in [-0.39, 0.29) is 18.3 Å². The van der Waals surface area contributed by atoms with Crippen LogP contribution in [-0.4, -0.2) is 38.1 Å². The van der Waals surface area contributed by atoms with E-state index in [1.165, 1.54) is 21.8 Å². The number of amides is 1. The first-order valence-corrected chi connectivity index (χ1v) is 7.92. The number of hydrogen-bond acceptors (Lipinski definition) is 4. The van der Waals surface area contributed by atoms with E-state index in [1.807, 2.05) is 12.1 Å². The topological polar surface area (TPSA) is 63.9 Å². The lowest BCUT2D eigenvalue weighted by Crippen LogP contribution is -2.30. The minimum atomic E-state index is -0.309. The number of carbonyl (C=O) groups excluding carboxylic acids is 1. The van der Waals surface area contributed by atoms with E-state index in [2.05, 4.69) is 15.4 Å². The number of carbonyl (C=O) groups is 1. The Labute approximate surface area is 148 Å². The summed E-state index contributed by atoms with van der Waals surface area (Å²) in [6.45, 7) is 0.320. The fourth-order valence-corrected chi connectivity index (χ4v) is 2.47. The molecule has 1 aromatic heterocycles. The molecule has 1 amide bonds. The summed E-state index contributed by atoms with van der Waals surface area (Å²) in [5, 5.41) is 12.5. The molecule has 2 aromatic carbocycles. The van der Waals surface area contributed by atoms with Crippen molar-refractivity contribution < 1.29 is 9.18 Å². The molecule has 0 radical (unpaired) electrons. The van der Waals surface area contributed by atoms with Crippen LogP contribution in [0.15, 0.2) is 48.5 Å². The van der Waals surface area contributed by atoms with Crippen molar-refractivity contribution in [2.45, 2.75) is 13.1 Å². The van der Waals surface area contributed by atoms with Crippen LogP contribution in [0.3, 0.4) is 0 Å². The van der Waals surface area contributed by atoms with Crippen molar-refractivity contribution >= 4 is 17.5 Å². The predicted octanol–water partition coefficient (Wildman–Crippen LogP) is 2.79. The van der Waals surface area contributed by atoms with Gasteiger partial charge in [0.15, 0.2) is 0 Å². The summed E-state index contributed by atoms with van der Waals surface area (Å²) >= 11 is 6.11. The lowest BCUT2D eigenvalue weighted by atomic mass is 10.2. The number of nitrogens with zero attached hydrogens (tertiary/aromatic N) is 5. The monoisotopic (exact) mass is 359 g/mol. The first kappa shape index (κ1) is 17.0. The molecule has 0 saturated carbocycles. The molecule has 128 valence electrons. The molecule has 0 aliphatic carbocycles. The third kappa shape index (κ3) is 4.19. The Kier molecular flexibility index (Phi) is 5.04. The molecule has 0 bridgehead atoms. The van der Waals surface area contributed by atoms with Gasteiger partial charge in [-0.2, -0.15) is 4.80 Å². The third-order valence-corrected chi connectivity index (χ3v) is 3.93. The summed E-state index contributed by atoms with van der Waals surface area (Å²) in [6, 6.07) is 13.2. The highest BCUT2D eigenvalue weighted by molar-refractivity contribution is 6.33. The third-order valence-electron chi connectivity index (χ3n) is 3.60. The van der Waals surface area contributed by atoms with Gasteiger partial charge in [-0.1, -0.05) is 35.9 Å². The van der Waals surface area contributed by atoms with Crippen LogP contribution in [0.1, 0.15) is 5.56 Å². The summed E-state index contributed by atoms with van der Waals surface area (Å²) in [6.07, 6.45) is 0. The molecule has 1 heterocycles. The second-order valence-electron chi connectivity index (χ2n) is 5.50. The maximum absolute atomic E-state index is 12.9. The molecule has 3 rings (SSSR count). The average Bonchev–Trinajstić information content (AvgIpc) is 3.05. The van der Waals surface area contributed by atoms with Gasteiger partial charge < -0.3 is 4.90 Å². The zero-order chi connectivity index (χ0) is 17.8. The number of hydrogen-bond donors (Lipinski definition) is 0. The molecule has 6 nitrogen and oxygen atoms in total. The van der Waals surface area contributed by atoms with Crippen LogP contribution >= 0.6 is 11.6 Å². The molecule has 25 heavy (non-hydrogen) atoms. The highest BCUT2D eigenvalue weighted by Gasteiger charge is 2.14. The zero-order valence-electron chi connectivity index (χ0n) is 13.4. The van der Waals surface area contributed by atoms with Crippen LogP contribution in [0.4, 0.5) is 4.39 Å². The van der Waals surface area contributed by atoms with E-state index >= 15 is 0 Å². The Bertz CT molecular complexity index is 881. The lowest BCUT2D eigenvalue weighted by Gasteiger charge is -2.16. The normalized spacial score (nSPS) is 10.7. The highest BCUT2D eigenvalue weighted by Crippen LogP contribution is 2.23. The summed E-state index contributed by atoms with van der Waals surface area (Å²) in [7, 11) is 1.66. The first-order valence-electron chi connectivity index (χ1n) is 7.54. The van der Waals surface area contributed by atoms with Gasteiger partial charge in [-0.3, -0.25) is 4.79 Å². The van der Waals surface area contributed by atoms with Crippen LogP contribution in [0.2, 0.25) is 5.02 Å². The van der Waals surface area contributed by atoms with Crippen molar-refractivity contribution in [2.24, 2.45) is 0 Å². The van der Waals surface area contributed by atoms with Crippen molar-refractivity contribution in [1.29, 1.82) is 0 Å². The van der Waals surface area contributed by atoms with E-state index in [0.717, 1.165) is 5.56 Å². The van der Waals surface area contributed by atoms with Crippen LogP contribution in [0, 0.1) is 5.82 Å². The SMILES string of the molecule is CN(Cc1ccc(F)cc1)C(=O)Cn1nnc(-c2ccccc2Cl)n1. The number of tetrazole rings is 1. The van der Waals surface area contributed by atoms with Gasteiger partial charge in [-0.15, -0.1) is 10.2 Å². The van der Waals surface area contributed by atoms with Gasteiger partial charge in [0, 0.05) is 19.2 Å². The Morgan fingerprint density at radius 2 is 1.92 bits per heavy atom. The maximum Gasteiger partial charge on any atom is 0.246 e. The second kappa shape index (κ2) is 7.40. The summed E-state index contributed by atoms with van der Waals surface area (Å²) in [5.74, 6) is -0.135. The molecule has 0 fully saturated rings. The summed E-state index contributed by atoms with van der Waals surface area (Å²) in [4.78, 5) is 15.0. The van der Waals surface area contributed by atoms with Crippen molar-refractivity contribution in [1.82, 2.24) is 25.1 Å². The van der Waals surface area contributed by atoms with Gasteiger partial charge >= 0.3 is 0 Å². The maximum atomic E-state index is 12.9. The van der Waals surface area contributed by atoms with Gasteiger partial charge in [-0.05, 0) is 35.0 Å². The van der Waals surface area contributed by atoms with E-state index < -0.39 is 0 Å². The van der Waals surface area contributed by atoms with Crippen molar-refractivity contribution in [3.8, 4) is 11.4 Å². The van der Waals surface area contributed by atoms with Crippen molar-refractivity contribution in [3.63, 3.8) is 0 Å². The highest BCUT2D eigenvalue weighted by atomic mass is 35.5. The molecular weight excluding hydrogens is 345 g/mol. The minimum Gasteiger partial charge on any atom is -0.340 e. The number of halogens is 2. The van der Waals surface area contributed by atoms with E-state index in [4.69, 9.17) is 11.6 Å². The van der Waals surface area contributed by atoms with E-state index in [9.17, 15) is 9.18 Å². The van der Waals surface area contributed by atoms with Crippen LogP contribution in [0.25, 0.3) is 11.4 Å². The quantitative estimate of drug-likeness (QED) is 0.702. The minimum absolute atomic E-state index is 0.0465. The molecule has 3 aromatic rings. The fraction of sp³-hybridized carbons (Fsp3) is 0.176. The molecule has 0 saturated heterocycles. The Hall–Kier alpha value is -2.80. The zero-order valence-corrected chi connectivity index (χ0v) is 14.2. The smallest absolute Gasteiger partial charge is 0.246 e. The van der Waals surface area contributed by atoms with Crippen molar-refractivity contribution in [3.05, 3.63) is 64.9 Å². The van der Waals surface area contributed by atoms with E-state index in [0.29, 0.717) is 23.0 Å². The van der Waals surface area contributed by atoms with Crippen LogP contribution in [0.5, 0.6) is 0 Å². The Morgan fingerprint density at radius 3 is 2.64 bits per heavy atom. The fourth-order valence-electron chi connectivity index (χ4n) is 2.25. The lowest BCUT2D eigenvalue weighted by molar-refractivity contribution is -0.131. The molecule has 0 unspecified atom stereocenters.